The van der Waals surface area contributed by atoms with E-state index < -0.39 is 0 Å². The van der Waals surface area contributed by atoms with Crippen LogP contribution in [0.5, 0.6) is 0 Å². The molecule has 0 atom stereocenters. The molecule has 2 aliphatic heterocycles. The van der Waals surface area contributed by atoms with E-state index >= 15 is 0 Å². The van der Waals surface area contributed by atoms with Crippen LogP contribution in [-0.2, 0) is 9.47 Å². The number of carbonyl (C=O) groups excluding carboxylic acids is 2. The molecule has 8 nitrogen and oxygen atoms in total. The SMILES string of the molecule is CC(C)(C)OC(=O)N1CCN(C2CC2)CC1.CC(C)(C)OC(=O)N1CCNCC1. The van der Waals surface area contributed by atoms with E-state index in [1.165, 1.54) is 12.8 Å². The van der Waals surface area contributed by atoms with Crippen molar-refractivity contribution < 1.29 is 19.1 Å². The molecule has 0 unspecified atom stereocenters. The van der Waals surface area contributed by atoms with Crippen LogP contribution in [-0.4, -0.2) is 96.5 Å². The standard InChI is InChI=1S/C12H22N2O2.C9H18N2O2/c1-12(2,3)16-11(15)14-8-6-13(7-9-14)10-4-5-10;1-9(2,3)13-8(12)11-6-4-10-5-7-11/h10H,4-9H2,1-3H3;10H,4-7H2,1-3H3. The lowest BCUT2D eigenvalue weighted by atomic mass is 10.2. The lowest BCUT2D eigenvalue weighted by Gasteiger charge is -2.35. The molecular weight excluding hydrogens is 372 g/mol. The van der Waals surface area contributed by atoms with Crippen molar-refractivity contribution in [1.82, 2.24) is 20.0 Å². The van der Waals surface area contributed by atoms with Crippen molar-refractivity contribution in [2.75, 3.05) is 52.4 Å². The summed E-state index contributed by atoms with van der Waals surface area (Å²) < 4.78 is 10.6. The number of ether oxygens (including phenoxy) is 2. The minimum Gasteiger partial charge on any atom is -0.444 e. The first-order valence-electron chi connectivity index (χ1n) is 10.9. The van der Waals surface area contributed by atoms with Crippen LogP contribution in [0.25, 0.3) is 0 Å². The highest BCUT2D eigenvalue weighted by Crippen LogP contribution is 2.27. The summed E-state index contributed by atoms with van der Waals surface area (Å²) in [5.74, 6) is 0. The fourth-order valence-corrected chi connectivity index (χ4v) is 3.21. The van der Waals surface area contributed by atoms with Gasteiger partial charge in [0, 0.05) is 58.4 Å². The first-order valence-corrected chi connectivity index (χ1v) is 10.9. The molecule has 2 amide bonds. The van der Waals surface area contributed by atoms with E-state index in [9.17, 15) is 9.59 Å². The van der Waals surface area contributed by atoms with Gasteiger partial charge in [-0.1, -0.05) is 0 Å². The maximum Gasteiger partial charge on any atom is 0.410 e. The summed E-state index contributed by atoms with van der Waals surface area (Å²) in [6.07, 6.45) is 2.32. The van der Waals surface area contributed by atoms with Crippen LogP contribution in [0.1, 0.15) is 54.4 Å². The molecule has 0 radical (unpaired) electrons. The van der Waals surface area contributed by atoms with Gasteiger partial charge >= 0.3 is 12.2 Å². The molecule has 1 saturated carbocycles. The number of hydrogen-bond acceptors (Lipinski definition) is 6. The predicted molar refractivity (Wildman–Crippen MR) is 113 cm³/mol. The number of amides is 2. The molecule has 0 bridgehead atoms. The van der Waals surface area contributed by atoms with Crippen molar-refractivity contribution in [3.8, 4) is 0 Å². The first kappa shape index (κ1) is 23.7. The Morgan fingerprint density at radius 2 is 1.14 bits per heavy atom. The van der Waals surface area contributed by atoms with Gasteiger partial charge in [0.05, 0.1) is 0 Å². The molecule has 1 N–H and O–H groups in total. The van der Waals surface area contributed by atoms with Gasteiger partial charge in [0.25, 0.3) is 0 Å². The zero-order chi connectivity index (χ0) is 21.7. The maximum atomic E-state index is 11.8. The molecule has 0 aromatic carbocycles. The summed E-state index contributed by atoms with van der Waals surface area (Å²) in [6, 6.07) is 0.806. The average Bonchev–Trinajstić information content (AvgIpc) is 3.45. The van der Waals surface area contributed by atoms with Gasteiger partial charge in [0.15, 0.2) is 0 Å². The van der Waals surface area contributed by atoms with Gasteiger partial charge in [-0.05, 0) is 54.4 Å². The van der Waals surface area contributed by atoms with Gasteiger partial charge in [-0.3, -0.25) is 4.90 Å². The zero-order valence-corrected chi connectivity index (χ0v) is 19.1. The van der Waals surface area contributed by atoms with Crippen LogP contribution in [0.3, 0.4) is 0 Å². The number of nitrogens with one attached hydrogen (secondary N) is 1. The Labute approximate surface area is 175 Å². The van der Waals surface area contributed by atoms with Gasteiger partial charge < -0.3 is 24.6 Å². The van der Waals surface area contributed by atoms with Crippen molar-refractivity contribution >= 4 is 12.2 Å². The first-order chi connectivity index (χ1) is 13.4. The van der Waals surface area contributed by atoms with Crippen molar-refractivity contribution in [3.63, 3.8) is 0 Å². The molecule has 0 aromatic rings. The third-order valence-electron chi connectivity index (χ3n) is 4.80. The van der Waals surface area contributed by atoms with Crippen LogP contribution in [0.15, 0.2) is 0 Å². The normalized spacial score (nSPS) is 21.2. The molecule has 0 spiro atoms. The lowest BCUT2D eigenvalue weighted by Crippen LogP contribution is -2.50. The highest BCUT2D eigenvalue weighted by molar-refractivity contribution is 5.68. The molecule has 0 aromatic heterocycles. The van der Waals surface area contributed by atoms with Crippen molar-refractivity contribution in [1.29, 1.82) is 0 Å². The average molecular weight is 413 g/mol. The van der Waals surface area contributed by atoms with Crippen LogP contribution in [0.2, 0.25) is 0 Å². The number of carbonyl (C=O) groups is 2. The lowest BCUT2D eigenvalue weighted by molar-refractivity contribution is 0.0137. The van der Waals surface area contributed by atoms with E-state index in [0.29, 0.717) is 0 Å². The molecule has 2 heterocycles. The molecule has 8 heteroatoms. The molecule has 3 aliphatic rings. The topological polar surface area (TPSA) is 74.4 Å². The minimum absolute atomic E-state index is 0.164. The molecule has 29 heavy (non-hydrogen) atoms. The predicted octanol–water partition coefficient (Wildman–Crippen LogP) is 2.53. The number of piperazine rings is 2. The van der Waals surface area contributed by atoms with E-state index in [0.717, 1.165) is 58.4 Å². The quantitative estimate of drug-likeness (QED) is 0.713. The van der Waals surface area contributed by atoms with Crippen LogP contribution < -0.4 is 5.32 Å². The Morgan fingerprint density at radius 3 is 1.52 bits per heavy atom. The third-order valence-corrected chi connectivity index (χ3v) is 4.80. The minimum atomic E-state index is -0.387. The van der Waals surface area contributed by atoms with Gasteiger partial charge in [-0.15, -0.1) is 0 Å². The smallest absolute Gasteiger partial charge is 0.410 e. The second kappa shape index (κ2) is 9.98. The molecule has 168 valence electrons. The van der Waals surface area contributed by atoms with Crippen molar-refractivity contribution in [2.24, 2.45) is 0 Å². The second-order valence-electron chi connectivity index (χ2n) is 9.95. The van der Waals surface area contributed by atoms with E-state index in [-0.39, 0.29) is 23.4 Å². The van der Waals surface area contributed by atoms with E-state index in [1.807, 2.05) is 46.4 Å². The Morgan fingerprint density at radius 1 is 0.724 bits per heavy atom. The van der Waals surface area contributed by atoms with Gasteiger partial charge in [0.1, 0.15) is 11.2 Å². The van der Waals surface area contributed by atoms with E-state index in [2.05, 4.69) is 10.2 Å². The summed E-state index contributed by atoms with van der Waals surface area (Å²) in [7, 11) is 0. The molecular formula is C21H40N4O4. The largest absolute Gasteiger partial charge is 0.444 e. The molecule has 3 fully saturated rings. The number of rotatable bonds is 1. The van der Waals surface area contributed by atoms with Crippen molar-refractivity contribution in [3.05, 3.63) is 0 Å². The summed E-state index contributed by atoms with van der Waals surface area (Å²) in [6.45, 7) is 18.2. The Kier molecular flexibility index (Phi) is 8.17. The van der Waals surface area contributed by atoms with Gasteiger partial charge in [-0.25, -0.2) is 9.59 Å². The monoisotopic (exact) mass is 412 g/mol. The Bertz CT molecular complexity index is 538. The van der Waals surface area contributed by atoms with Crippen LogP contribution >= 0.6 is 0 Å². The number of nitrogens with zero attached hydrogens (tertiary/aromatic N) is 3. The maximum absolute atomic E-state index is 11.8. The second-order valence-corrected chi connectivity index (χ2v) is 9.95. The number of hydrogen-bond donors (Lipinski definition) is 1. The summed E-state index contributed by atoms with van der Waals surface area (Å²) in [5.41, 5.74) is -0.771. The van der Waals surface area contributed by atoms with Gasteiger partial charge in [0.2, 0.25) is 0 Å². The summed E-state index contributed by atoms with van der Waals surface area (Å²) in [4.78, 5) is 29.3. The van der Waals surface area contributed by atoms with E-state index in [1.54, 1.807) is 4.90 Å². The Hall–Kier alpha value is -1.54. The Balaban J connectivity index is 0.000000212. The van der Waals surface area contributed by atoms with Gasteiger partial charge in [-0.2, -0.15) is 0 Å². The zero-order valence-electron chi connectivity index (χ0n) is 19.1. The highest BCUT2D eigenvalue weighted by atomic mass is 16.6. The third kappa shape index (κ3) is 9.21. The van der Waals surface area contributed by atoms with Crippen LogP contribution in [0.4, 0.5) is 9.59 Å². The van der Waals surface area contributed by atoms with E-state index in [4.69, 9.17) is 9.47 Å². The summed E-state index contributed by atoms with van der Waals surface area (Å²) >= 11 is 0. The highest BCUT2D eigenvalue weighted by Gasteiger charge is 2.33. The summed E-state index contributed by atoms with van der Waals surface area (Å²) in [5, 5.41) is 3.18. The molecule has 1 aliphatic carbocycles. The fraction of sp³-hybridized carbons (Fsp3) is 0.905. The van der Waals surface area contributed by atoms with Crippen molar-refractivity contribution in [2.45, 2.75) is 71.6 Å². The molecule has 2 saturated heterocycles. The van der Waals surface area contributed by atoms with Crippen LogP contribution in [0, 0.1) is 0 Å². The fourth-order valence-electron chi connectivity index (χ4n) is 3.21. The molecule has 3 rings (SSSR count).